The summed E-state index contributed by atoms with van der Waals surface area (Å²) in [5.74, 6) is -2.67. The largest absolute Gasteiger partial charge is 0.383 e. The SMILES string of the molecule is C=Nn1cc([C@@H](NC(=O)c2cnn(CC3CC3)n2)C2CCC(F)(F)CC2)nc1/C=C(\C)C(NC(=O)[C@H](O)C(C)(C)C)C1CC1. The lowest BCUT2D eigenvalue weighted by Crippen LogP contribution is -2.47. The highest BCUT2D eigenvalue weighted by Gasteiger charge is 2.40. The lowest BCUT2D eigenvalue weighted by Gasteiger charge is -2.33. The van der Waals surface area contributed by atoms with Crippen molar-refractivity contribution < 1.29 is 23.5 Å². The predicted molar refractivity (Wildman–Crippen MR) is 161 cm³/mol. The summed E-state index contributed by atoms with van der Waals surface area (Å²) in [4.78, 5) is 32.5. The highest BCUT2D eigenvalue weighted by atomic mass is 19.3. The van der Waals surface area contributed by atoms with E-state index in [9.17, 15) is 23.5 Å². The Morgan fingerprint density at radius 3 is 2.43 bits per heavy atom. The van der Waals surface area contributed by atoms with Gasteiger partial charge in [-0.3, -0.25) is 9.59 Å². The van der Waals surface area contributed by atoms with E-state index < -0.39 is 35.3 Å². The van der Waals surface area contributed by atoms with Gasteiger partial charge in [0, 0.05) is 19.6 Å². The van der Waals surface area contributed by atoms with Crippen LogP contribution in [0.4, 0.5) is 8.78 Å². The molecule has 13 heteroatoms. The van der Waals surface area contributed by atoms with Gasteiger partial charge in [0.15, 0.2) is 11.5 Å². The van der Waals surface area contributed by atoms with Crippen LogP contribution < -0.4 is 10.6 Å². The maximum absolute atomic E-state index is 14.1. The van der Waals surface area contributed by atoms with Crippen molar-refractivity contribution in [2.75, 3.05) is 0 Å². The number of amides is 2. The van der Waals surface area contributed by atoms with Gasteiger partial charge in [-0.2, -0.15) is 15.0 Å². The van der Waals surface area contributed by atoms with Gasteiger partial charge in [-0.1, -0.05) is 20.8 Å². The number of aliphatic hydroxyl groups excluding tert-OH is 1. The molecule has 3 aliphatic rings. The number of aliphatic hydroxyl groups is 1. The number of rotatable bonds is 12. The van der Waals surface area contributed by atoms with Crippen LogP contribution >= 0.6 is 0 Å². The Kier molecular flexibility index (Phi) is 9.06. The van der Waals surface area contributed by atoms with Crippen molar-refractivity contribution in [3.63, 3.8) is 0 Å². The van der Waals surface area contributed by atoms with Crippen LogP contribution in [-0.4, -0.2) is 66.4 Å². The van der Waals surface area contributed by atoms with Gasteiger partial charge >= 0.3 is 0 Å². The van der Waals surface area contributed by atoms with Crippen LogP contribution in [0.25, 0.3) is 6.08 Å². The summed E-state index contributed by atoms with van der Waals surface area (Å²) >= 11 is 0. The lowest BCUT2D eigenvalue weighted by atomic mass is 9.81. The highest BCUT2D eigenvalue weighted by Crippen LogP contribution is 2.42. The third-order valence-corrected chi connectivity index (χ3v) is 8.92. The van der Waals surface area contributed by atoms with Gasteiger partial charge in [0.05, 0.1) is 36.7 Å². The second-order valence-electron chi connectivity index (χ2n) is 13.9. The molecular weight excluding hydrogens is 570 g/mol. The summed E-state index contributed by atoms with van der Waals surface area (Å²) in [5.41, 5.74) is 0.853. The monoisotopic (exact) mass is 614 g/mol. The van der Waals surface area contributed by atoms with Gasteiger partial charge in [-0.25, -0.2) is 18.4 Å². The molecule has 0 spiro atoms. The van der Waals surface area contributed by atoms with Crippen LogP contribution in [0, 0.1) is 23.2 Å². The van der Waals surface area contributed by atoms with E-state index in [1.165, 1.54) is 15.7 Å². The lowest BCUT2D eigenvalue weighted by molar-refractivity contribution is -0.135. The Morgan fingerprint density at radius 1 is 1.16 bits per heavy atom. The number of nitrogens with one attached hydrogen (secondary N) is 2. The normalized spacial score (nSPS) is 21.4. The number of carbonyl (C=O) groups is 2. The summed E-state index contributed by atoms with van der Waals surface area (Å²) < 4.78 is 29.7. The number of imidazole rings is 1. The summed E-state index contributed by atoms with van der Waals surface area (Å²) in [6, 6.07) is -0.962. The zero-order valence-electron chi connectivity index (χ0n) is 26.0. The maximum atomic E-state index is 14.1. The fraction of sp³-hybridized carbons (Fsp3) is 0.677. The van der Waals surface area contributed by atoms with Gasteiger partial charge in [0.1, 0.15) is 6.10 Å². The number of carbonyl (C=O) groups excluding carboxylic acids is 2. The van der Waals surface area contributed by atoms with Crippen molar-refractivity contribution in [2.45, 2.75) is 110 Å². The number of nitrogens with zero attached hydrogens (tertiary/aromatic N) is 6. The molecule has 2 aromatic heterocycles. The molecular formula is C31H44F2N8O3. The zero-order valence-corrected chi connectivity index (χ0v) is 26.0. The van der Waals surface area contributed by atoms with E-state index in [1.807, 2.05) is 13.0 Å². The van der Waals surface area contributed by atoms with E-state index in [-0.39, 0.29) is 49.3 Å². The van der Waals surface area contributed by atoms with Crippen LogP contribution in [0.1, 0.15) is 107 Å². The van der Waals surface area contributed by atoms with E-state index >= 15 is 0 Å². The van der Waals surface area contributed by atoms with E-state index in [1.54, 1.807) is 27.0 Å². The second kappa shape index (κ2) is 12.5. The molecule has 2 heterocycles. The van der Waals surface area contributed by atoms with Crippen LogP contribution in [-0.2, 0) is 11.3 Å². The van der Waals surface area contributed by atoms with Gasteiger partial charge < -0.3 is 15.7 Å². The Morgan fingerprint density at radius 2 is 1.84 bits per heavy atom. The molecule has 0 aromatic carbocycles. The van der Waals surface area contributed by atoms with Gasteiger partial charge in [-0.05, 0) is 80.3 Å². The molecule has 3 saturated carbocycles. The smallest absolute Gasteiger partial charge is 0.274 e. The van der Waals surface area contributed by atoms with Crippen molar-refractivity contribution in [2.24, 2.45) is 28.3 Å². The van der Waals surface area contributed by atoms with Crippen molar-refractivity contribution in [3.05, 3.63) is 35.2 Å². The summed E-state index contributed by atoms with van der Waals surface area (Å²) in [6.45, 7) is 11.6. The average Bonchev–Trinajstić information content (AvgIpc) is 3.88. The van der Waals surface area contributed by atoms with Crippen molar-refractivity contribution >= 4 is 24.6 Å². The second-order valence-corrected chi connectivity index (χ2v) is 13.9. The molecule has 240 valence electrons. The zero-order chi connectivity index (χ0) is 31.8. The molecule has 2 aromatic rings. The Balaban J connectivity index is 1.39. The molecule has 3 N–H and O–H groups in total. The molecule has 44 heavy (non-hydrogen) atoms. The van der Waals surface area contributed by atoms with Gasteiger partial charge in [-0.15, -0.1) is 5.10 Å². The first-order valence-electron chi connectivity index (χ1n) is 15.6. The van der Waals surface area contributed by atoms with E-state index in [2.05, 4.69) is 32.6 Å². The molecule has 0 radical (unpaired) electrons. The first-order valence-corrected chi connectivity index (χ1v) is 15.6. The minimum atomic E-state index is -2.73. The number of alkyl halides is 2. The Labute approximate surface area is 256 Å². The van der Waals surface area contributed by atoms with Crippen LogP contribution in [0.15, 0.2) is 23.1 Å². The minimum absolute atomic E-state index is 0.162. The van der Waals surface area contributed by atoms with Crippen LogP contribution in [0.2, 0.25) is 0 Å². The average molecular weight is 615 g/mol. The van der Waals surface area contributed by atoms with Gasteiger partial charge in [0.2, 0.25) is 11.8 Å². The number of hydrogen-bond donors (Lipinski definition) is 3. The topological polar surface area (TPSA) is 139 Å². The molecule has 5 rings (SSSR count). The molecule has 2 amide bonds. The van der Waals surface area contributed by atoms with Crippen molar-refractivity contribution in [1.82, 2.24) is 35.3 Å². The molecule has 0 aliphatic heterocycles. The van der Waals surface area contributed by atoms with E-state index in [0.717, 1.165) is 31.3 Å². The maximum Gasteiger partial charge on any atom is 0.274 e. The molecule has 3 aliphatic carbocycles. The van der Waals surface area contributed by atoms with Crippen molar-refractivity contribution in [3.8, 4) is 0 Å². The Bertz CT molecular complexity index is 1390. The fourth-order valence-electron chi connectivity index (χ4n) is 5.78. The predicted octanol–water partition coefficient (Wildman–Crippen LogP) is 4.35. The quantitative estimate of drug-likeness (QED) is 0.304. The molecule has 3 atom stereocenters. The first kappa shape index (κ1) is 31.9. The molecule has 0 saturated heterocycles. The molecule has 1 unspecified atom stereocenters. The molecule has 11 nitrogen and oxygen atoms in total. The summed E-state index contributed by atoms with van der Waals surface area (Å²) in [6.07, 6.45) is 7.78. The first-order chi connectivity index (χ1) is 20.7. The number of aromatic nitrogens is 5. The number of halogens is 2. The molecule has 3 fully saturated rings. The summed E-state index contributed by atoms with van der Waals surface area (Å²) in [5, 5.41) is 29.2. The highest BCUT2D eigenvalue weighted by molar-refractivity contribution is 5.92. The third-order valence-electron chi connectivity index (χ3n) is 8.92. The summed E-state index contributed by atoms with van der Waals surface area (Å²) in [7, 11) is 0. The van der Waals surface area contributed by atoms with E-state index in [0.29, 0.717) is 24.0 Å². The fourth-order valence-corrected chi connectivity index (χ4v) is 5.78. The van der Waals surface area contributed by atoms with Gasteiger partial charge in [0.25, 0.3) is 5.91 Å². The number of hydrogen-bond acceptors (Lipinski definition) is 7. The minimum Gasteiger partial charge on any atom is -0.383 e. The molecule has 0 bridgehead atoms. The van der Waals surface area contributed by atoms with Crippen LogP contribution in [0.3, 0.4) is 0 Å². The standard InChI is InChI=1S/C31H44F2N8O3/c1-18(25(20-8-9-20)37-29(44)27(42)30(2,3)4)14-24-36-23(17-40(24)34-5)26(21-10-12-31(32,33)13-11-21)38-28(43)22-15-35-41(39-22)16-19-6-7-19/h14-15,17,19-21,25-27,42H,5-13,16H2,1-4H3,(H,37,44)(H,38,43)/b18-14+/t25?,26-,27-/m0/s1. The van der Waals surface area contributed by atoms with Crippen LogP contribution in [0.5, 0.6) is 0 Å². The third kappa shape index (κ3) is 7.77. The van der Waals surface area contributed by atoms with E-state index in [4.69, 9.17) is 4.98 Å². The Hall–Kier alpha value is -3.48. The van der Waals surface area contributed by atoms with Crippen molar-refractivity contribution in [1.29, 1.82) is 0 Å².